The summed E-state index contributed by atoms with van der Waals surface area (Å²) in [4.78, 5) is 13.1. The zero-order chi connectivity index (χ0) is 18.8. The summed E-state index contributed by atoms with van der Waals surface area (Å²) in [5.74, 6) is -0.362. The minimum Gasteiger partial charge on any atom is -0.474 e. The molecule has 4 rings (SSSR count). The second-order valence-electron chi connectivity index (χ2n) is 7.30. The molecule has 2 aromatic rings. The lowest BCUT2D eigenvalue weighted by Crippen LogP contribution is -2.49. The van der Waals surface area contributed by atoms with Crippen LogP contribution >= 0.6 is 24.0 Å². The highest BCUT2D eigenvalue weighted by Gasteiger charge is 2.35. The molecule has 150 valence electrons. The molecule has 3 atom stereocenters. The van der Waals surface area contributed by atoms with Crippen LogP contribution in [-0.2, 0) is 4.79 Å². The van der Waals surface area contributed by atoms with Crippen molar-refractivity contribution in [1.82, 2.24) is 10.6 Å². The predicted octanol–water partition coefficient (Wildman–Crippen LogP) is 4.42. The molecule has 2 saturated heterocycles. The first-order valence-electron chi connectivity index (χ1n) is 9.31. The van der Waals surface area contributed by atoms with Crippen LogP contribution in [0.5, 0.6) is 5.75 Å². The zero-order valence-electron chi connectivity index (χ0n) is 15.2. The summed E-state index contributed by atoms with van der Waals surface area (Å²) in [6.07, 6.45) is 3.35. The molecule has 2 aromatic carbocycles. The molecule has 2 aliphatic rings. The van der Waals surface area contributed by atoms with Gasteiger partial charge in [-0.15, -0.1) is 12.4 Å². The molecule has 2 heterocycles. The summed E-state index contributed by atoms with van der Waals surface area (Å²) in [5, 5.41) is 6.86. The number of nitrogens with one attached hydrogen (secondary N) is 2. The fourth-order valence-corrected chi connectivity index (χ4v) is 4.26. The number of hydrogen-bond acceptors (Lipinski definition) is 3. The Morgan fingerprint density at radius 1 is 1.14 bits per heavy atom. The van der Waals surface area contributed by atoms with Gasteiger partial charge in [-0.1, -0.05) is 41.9 Å². The first-order chi connectivity index (χ1) is 13.1. The first-order valence-corrected chi connectivity index (χ1v) is 9.69. The molecule has 7 heteroatoms. The van der Waals surface area contributed by atoms with Gasteiger partial charge in [0.25, 0.3) is 5.91 Å². The molecular weight excluding hydrogens is 402 g/mol. The molecule has 0 saturated carbocycles. The van der Waals surface area contributed by atoms with Crippen LogP contribution in [0.4, 0.5) is 4.39 Å². The number of ether oxygens (including phenoxy) is 1. The summed E-state index contributed by atoms with van der Waals surface area (Å²) in [5.41, 5.74) is 0.729. The van der Waals surface area contributed by atoms with Crippen LogP contribution in [0.25, 0.3) is 0 Å². The molecule has 2 aliphatic heterocycles. The third-order valence-corrected chi connectivity index (χ3v) is 5.59. The maximum Gasteiger partial charge on any atom is 0.266 e. The Balaban J connectivity index is 0.00000225. The van der Waals surface area contributed by atoms with E-state index in [9.17, 15) is 9.18 Å². The van der Waals surface area contributed by atoms with Crippen LogP contribution in [0.3, 0.4) is 0 Å². The van der Waals surface area contributed by atoms with E-state index >= 15 is 0 Å². The number of fused-ring (bicyclic) bond motifs is 2. The average molecular weight is 425 g/mol. The Bertz CT molecular complexity index is 809. The van der Waals surface area contributed by atoms with E-state index in [1.54, 1.807) is 0 Å². The van der Waals surface area contributed by atoms with Crippen molar-refractivity contribution in [2.45, 2.75) is 49.9 Å². The molecule has 0 aliphatic carbocycles. The molecule has 2 bridgehead atoms. The molecule has 0 spiro atoms. The molecule has 2 fully saturated rings. The number of hydrogen-bond donors (Lipinski definition) is 2. The summed E-state index contributed by atoms with van der Waals surface area (Å²) in [6, 6.07) is 14.3. The standard InChI is InChI=1S/C21H22ClFN2O2.ClH/c22-18-10-14(23)6-9-19(18)27-20(13-4-2-1-3-5-13)21(26)25-17-11-15-7-8-16(12-17)24-15;/h1-6,9-10,15-17,20,24H,7-8,11-12H2,(H,25,26);1H. The third kappa shape index (κ3) is 4.77. The topological polar surface area (TPSA) is 50.4 Å². The fraction of sp³-hybridized carbons (Fsp3) is 0.381. The van der Waals surface area contributed by atoms with E-state index in [0.29, 0.717) is 12.1 Å². The van der Waals surface area contributed by atoms with Crippen molar-refractivity contribution < 1.29 is 13.9 Å². The van der Waals surface area contributed by atoms with Gasteiger partial charge in [0.15, 0.2) is 0 Å². The molecule has 2 N–H and O–H groups in total. The monoisotopic (exact) mass is 424 g/mol. The lowest BCUT2D eigenvalue weighted by Gasteiger charge is -2.31. The molecule has 0 radical (unpaired) electrons. The van der Waals surface area contributed by atoms with Crippen molar-refractivity contribution in [1.29, 1.82) is 0 Å². The number of carbonyl (C=O) groups is 1. The highest BCUT2D eigenvalue weighted by atomic mass is 35.5. The molecule has 4 nitrogen and oxygen atoms in total. The van der Waals surface area contributed by atoms with Gasteiger partial charge in [-0.2, -0.15) is 0 Å². The number of halogens is 3. The lowest BCUT2D eigenvalue weighted by atomic mass is 9.99. The zero-order valence-corrected chi connectivity index (χ0v) is 16.8. The largest absolute Gasteiger partial charge is 0.474 e. The van der Waals surface area contributed by atoms with E-state index in [0.717, 1.165) is 18.4 Å². The van der Waals surface area contributed by atoms with Gasteiger partial charge < -0.3 is 15.4 Å². The van der Waals surface area contributed by atoms with Crippen molar-refractivity contribution in [3.8, 4) is 5.75 Å². The molecular formula is C21H23Cl2FN2O2. The number of amides is 1. The van der Waals surface area contributed by atoms with Crippen molar-refractivity contribution in [2.24, 2.45) is 0 Å². The van der Waals surface area contributed by atoms with Crippen molar-refractivity contribution >= 4 is 29.9 Å². The van der Waals surface area contributed by atoms with Gasteiger partial charge in [0.2, 0.25) is 6.10 Å². The highest BCUT2D eigenvalue weighted by Crippen LogP contribution is 2.31. The highest BCUT2D eigenvalue weighted by molar-refractivity contribution is 6.32. The van der Waals surface area contributed by atoms with E-state index in [-0.39, 0.29) is 35.1 Å². The van der Waals surface area contributed by atoms with Crippen LogP contribution in [0, 0.1) is 5.82 Å². The number of piperidine rings is 1. The maximum atomic E-state index is 13.3. The van der Waals surface area contributed by atoms with Gasteiger partial charge in [-0.25, -0.2) is 4.39 Å². The van der Waals surface area contributed by atoms with E-state index in [1.807, 2.05) is 30.3 Å². The summed E-state index contributed by atoms with van der Waals surface area (Å²) in [7, 11) is 0. The van der Waals surface area contributed by atoms with Crippen LogP contribution < -0.4 is 15.4 Å². The van der Waals surface area contributed by atoms with Crippen molar-refractivity contribution in [3.05, 3.63) is 64.9 Å². The Kier molecular flexibility index (Phi) is 6.81. The van der Waals surface area contributed by atoms with E-state index < -0.39 is 11.9 Å². The lowest BCUT2D eigenvalue weighted by molar-refractivity contribution is -0.129. The van der Waals surface area contributed by atoms with Gasteiger partial charge in [0, 0.05) is 23.7 Å². The summed E-state index contributed by atoms with van der Waals surface area (Å²) >= 11 is 6.10. The second-order valence-corrected chi connectivity index (χ2v) is 7.71. The Morgan fingerprint density at radius 2 is 1.82 bits per heavy atom. The van der Waals surface area contributed by atoms with Crippen LogP contribution in [-0.4, -0.2) is 24.0 Å². The normalized spacial score (nSPS) is 24.1. The van der Waals surface area contributed by atoms with Crippen LogP contribution in [0.1, 0.15) is 37.4 Å². The minimum atomic E-state index is -0.846. The minimum absolute atomic E-state index is 0. The maximum absolute atomic E-state index is 13.3. The SMILES string of the molecule is Cl.O=C(NC1CC2CCC(C1)N2)C(Oc1ccc(F)cc1Cl)c1ccccc1. The number of benzene rings is 2. The van der Waals surface area contributed by atoms with Gasteiger partial charge in [0.05, 0.1) is 5.02 Å². The quantitative estimate of drug-likeness (QED) is 0.746. The average Bonchev–Trinajstić information content (AvgIpc) is 3.00. The van der Waals surface area contributed by atoms with E-state index in [1.165, 1.54) is 31.0 Å². The molecule has 3 unspecified atom stereocenters. The fourth-order valence-electron chi connectivity index (χ4n) is 4.05. The van der Waals surface area contributed by atoms with Crippen LogP contribution in [0.15, 0.2) is 48.5 Å². The van der Waals surface area contributed by atoms with Crippen LogP contribution in [0.2, 0.25) is 5.02 Å². The second kappa shape index (κ2) is 9.12. The third-order valence-electron chi connectivity index (χ3n) is 5.30. The molecule has 28 heavy (non-hydrogen) atoms. The Labute approximate surface area is 175 Å². The molecule has 0 aromatic heterocycles. The van der Waals surface area contributed by atoms with E-state index in [4.69, 9.17) is 16.3 Å². The number of rotatable bonds is 5. The van der Waals surface area contributed by atoms with Crippen molar-refractivity contribution in [2.75, 3.05) is 0 Å². The molecule has 1 amide bonds. The van der Waals surface area contributed by atoms with Crippen molar-refractivity contribution in [3.63, 3.8) is 0 Å². The smallest absolute Gasteiger partial charge is 0.266 e. The number of carbonyl (C=O) groups excluding carboxylic acids is 1. The first kappa shape index (κ1) is 20.9. The Hall–Kier alpha value is -1.82. The van der Waals surface area contributed by atoms with Gasteiger partial charge in [0.1, 0.15) is 11.6 Å². The van der Waals surface area contributed by atoms with Gasteiger partial charge in [-0.3, -0.25) is 4.79 Å². The van der Waals surface area contributed by atoms with Gasteiger partial charge in [-0.05, 0) is 43.9 Å². The Morgan fingerprint density at radius 3 is 2.46 bits per heavy atom. The summed E-state index contributed by atoms with van der Waals surface area (Å²) < 4.78 is 19.3. The predicted molar refractivity (Wildman–Crippen MR) is 110 cm³/mol. The van der Waals surface area contributed by atoms with Gasteiger partial charge >= 0.3 is 0 Å². The van der Waals surface area contributed by atoms with E-state index in [2.05, 4.69) is 10.6 Å². The summed E-state index contributed by atoms with van der Waals surface area (Å²) in [6.45, 7) is 0.